The molecule has 0 saturated carbocycles. The Morgan fingerprint density at radius 1 is 1.47 bits per heavy atom. The summed E-state index contributed by atoms with van der Waals surface area (Å²) >= 11 is 0. The number of hydrogen-bond acceptors (Lipinski definition) is 2. The van der Waals surface area contributed by atoms with E-state index in [1.54, 1.807) is 7.11 Å². The van der Waals surface area contributed by atoms with Crippen LogP contribution >= 0.6 is 0 Å². The van der Waals surface area contributed by atoms with Crippen LogP contribution < -0.4 is 4.74 Å². The number of rotatable bonds is 4. The highest BCUT2D eigenvalue weighted by Crippen LogP contribution is 2.27. The van der Waals surface area contributed by atoms with Gasteiger partial charge in [0.2, 0.25) is 0 Å². The minimum absolute atomic E-state index is 0.261. The van der Waals surface area contributed by atoms with Gasteiger partial charge in [-0.3, -0.25) is 4.90 Å². The van der Waals surface area contributed by atoms with Gasteiger partial charge < -0.3 is 4.74 Å². The Bertz CT molecular complexity index is 354. The van der Waals surface area contributed by atoms with Gasteiger partial charge in [0.1, 0.15) is 5.75 Å². The summed E-state index contributed by atoms with van der Waals surface area (Å²) in [5.74, 6) is 3.55. The number of nitrogens with zero attached hydrogens (tertiary/aromatic N) is 1. The molecule has 0 amide bonds. The van der Waals surface area contributed by atoms with Crippen LogP contribution in [0.5, 0.6) is 5.75 Å². The van der Waals surface area contributed by atoms with E-state index in [-0.39, 0.29) is 6.04 Å². The van der Waals surface area contributed by atoms with Gasteiger partial charge in [0.15, 0.2) is 0 Å². The van der Waals surface area contributed by atoms with Crippen molar-refractivity contribution in [3.63, 3.8) is 0 Å². The molecule has 0 fully saturated rings. The van der Waals surface area contributed by atoms with E-state index in [1.165, 1.54) is 0 Å². The molecule has 0 aliphatic rings. The third kappa shape index (κ3) is 2.74. The van der Waals surface area contributed by atoms with Crippen molar-refractivity contribution in [1.82, 2.24) is 4.90 Å². The van der Waals surface area contributed by atoms with Gasteiger partial charge in [-0.05, 0) is 20.0 Å². The summed E-state index contributed by atoms with van der Waals surface area (Å²) in [7, 11) is 3.70. The molecule has 0 aliphatic carbocycles. The summed E-state index contributed by atoms with van der Waals surface area (Å²) in [5, 5.41) is 0. The first-order chi connectivity index (χ1) is 7.20. The molecular formula is C13H17NO. The molecule has 15 heavy (non-hydrogen) atoms. The molecule has 0 saturated heterocycles. The number of ether oxygens (including phenoxy) is 1. The van der Waals surface area contributed by atoms with Crippen LogP contribution in [0.15, 0.2) is 24.3 Å². The lowest BCUT2D eigenvalue weighted by atomic mass is 10.1. The summed E-state index contributed by atoms with van der Waals surface area (Å²) in [6.45, 7) is 2.76. The first kappa shape index (κ1) is 11.6. The predicted octanol–water partition coefficient (Wildman–Crippen LogP) is 2.32. The van der Waals surface area contributed by atoms with Crippen molar-refractivity contribution in [3.8, 4) is 18.1 Å². The molecule has 0 radical (unpaired) electrons. The largest absolute Gasteiger partial charge is 0.496 e. The molecule has 0 aliphatic heterocycles. The predicted molar refractivity (Wildman–Crippen MR) is 62.9 cm³/mol. The molecule has 1 aromatic carbocycles. The topological polar surface area (TPSA) is 12.5 Å². The average molecular weight is 203 g/mol. The van der Waals surface area contributed by atoms with E-state index in [4.69, 9.17) is 11.2 Å². The van der Waals surface area contributed by atoms with Crippen LogP contribution in [0.2, 0.25) is 0 Å². The second-order valence-electron chi connectivity index (χ2n) is 3.54. The molecule has 1 rings (SSSR count). The van der Waals surface area contributed by atoms with Gasteiger partial charge in [-0.25, -0.2) is 0 Å². The fraction of sp³-hybridized carbons (Fsp3) is 0.385. The zero-order valence-corrected chi connectivity index (χ0v) is 9.53. The Morgan fingerprint density at radius 2 is 2.13 bits per heavy atom. The van der Waals surface area contributed by atoms with E-state index in [2.05, 4.69) is 23.8 Å². The van der Waals surface area contributed by atoms with Crippen molar-refractivity contribution < 1.29 is 4.74 Å². The van der Waals surface area contributed by atoms with Crippen LogP contribution in [-0.2, 0) is 0 Å². The molecule has 0 spiro atoms. The highest BCUT2D eigenvalue weighted by molar-refractivity contribution is 5.35. The normalized spacial score (nSPS) is 12.2. The summed E-state index contributed by atoms with van der Waals surface area (Å²) in [6, 6.07) is 8.28. The number of methoxy groups -OCH3 is 1. The monoisotopic (exact) mass is 203 g/mol. The Kier molecular flexibility index (Phi) is 4.20. The van der Waals surface area contributed by atoms with Crippen LogP contribution in [-0.4, -0.2) is 25.6 Å². The van der Waals surface area contributed by atoms with E-state index < -0.39 is 0 Å². The van der Waals surface area contributed by atoms with E-state index in [0.29, 0.717) is 6.54 Å². The molecule has 2 heteroatoms. The summed E-state index contributed by atoms with van der Waals surface area (Å²) < 4.78 is 5.32. The standard InChI is InChI=1S/C13H17NO/c1-5-10-14(3)11(2)12-8-6-7-9-13(12)15-4/h1,6-9,11H,10H2,2-4H3/t11-/m0/s1. The third-order valence-corrected chi connectivity index (χ3v) is 2.59. The second kappa shape index (κ2) is 5.43. The van der Waals surface area contributed by atoms with E-state index in [0.717, 1.165) is 11.3 Å². The maximum Gasteiger partial charge on any atom is 0.123 e. The van der Waals surface area contributed by atoms with Gasteiger partial charge in [-0.2, -0.15) is 0 Å². The number of benzene rings is 1. The molecular weight excluding hydrogens is 186 g/mol. The van der Waals surface area contributed by atoms with Crippen LogP contribution in [0.3, 0.4) is 0 Å². The van der Waals surface area contributed by atoms with Crippen molar-refractivity contribution in [2.45, 2.75) is 13.0 Å². The highest BCUT2D eigenvalue weighted by atomic mass is 16.5. The maximum absolute atomic E-state index is 5.32. The molecule has 80 valence electrons. The van der Waals surface area contributed by atoms with Gasteiger partial charge in [0, 0.05) is 11.6 Å². The van der Waals surface area contributed by atoms with Gasteiger partial charge in [-0.1, -0.05) is 24.1 Å². The first-order valence-electron chi connectivity index (χ1n) is 4.97. The molecule has 0 aromatic heterocycles. The van der Waals surface area contributed by atoms with Crippen LogP contribution in [0.25, 0.3) is 0 Å². The van der Waals surface area contributed by atoms with Crippen molar-refractivity contribution in [2.24, 2.45) is 0 Å². The molecule has 1 atom stereocenters. The summed E-state index contributed by atoms with van der Waals surface area (Å²) in [6.07, 6.45) is 5.29. The van der Waals surface area contributed by atoms with Crippen molar-refractivity contribution in [3.05, 3.63) is 29.8 Å². The van der Waals surface area contributed by atoms with Crippen molar-refractivity contribution in [1.29, 1.82) is 0 Å². The number of hydrogen-bond donors (Lipinski definition) is 0. The van der Waals surface area contributed by atoms with Gasteiger partial charge in [0.05, 0.1) is 13.7 Å². The third-order valence-electron chi connectivity index (χ3n) is 2.59. The minimum Gasteiger partial charge on any atom is -0.496 e. The lowest BCUT2D eigenvalue weighted by Gasteiger charge is -2.24. The van der Waals surface area contributed by atoms with E-state index >= 15 is 0 Å². The minimum atomic E-state index is 0.261. The molecule has 0 N–H and O–H groups in total. The van der Waals surface area contributed by atoms with E-state index in [1.807, 2.05) is 25.2 Å². The SMILES string of the molecule is C#CCN(C)[C@@H](C)c1ccccc1OC. The zero-order chi connectivity index (χ0) is 11.3. The van der Waals surface area contributed by atoms with Crippen LogP contribution in [0.1, 0.15) is 18.5 Å². The quantitative estimate of drug-likeness (QED) is 0.696. The van der Waals surface area contributed by atoms with Gasteiger partial charge in [-0.15, -0.1) is 6.42 Å². The van der Waals surface area contributed by atoms with Crippen LogP contribution in [0.4, 0.5) is 0 Å². The average Bonchev–Trinajstić information content (AvgIpc) is 2.28. The fourth-order valence-corrected chi connectivity index (χ4v) is 1.53. The second-order valence-corrected chi connectivity index (χ2v) is 3.54. The Labute approximate surface area is 91.9 Å². The molecule has 2 nitrogen and oxygen atoms in total. The summed E-state index contributed by atoms with van der Waals surface area (Å²) in [5.41, 5.74) is 1.16. The van der Waals surface area contributed by atoms with Crippen LogP contribution in [0, 0.1) is 12.3 Å². The molecule has 0 bridgehead atoms. The maximum atomic E-state index is 5.32. The van der Waals surface area contributed by atoms with Gasteiger partial charge >= 0.3 is 0 Å². The summed E-state index contributed by atoms with van der Waals surface area (Å²) in [4.78, 5) is 2.11. The molecule has 0 unspecified atom stereocenters. The fourth-order valence-electron chi connectivity index (χ4n) is 1.53. The Hall–Kier alpha value is -1.46. The number of terminal acetylenes is 1. The van der Waals surface area contributed by atoms with Crippen molar-refractivity contribution in [2.75, 3.05) is 20.7 Å². The highest BCUT2D eigenvalue weighted by Gasteiger charge is 2.14. The Morgan fingerprint density at radius 3 is 2.73 bits per heavy atom. The number of para-hydroxylation sites is 1. The smallest absolute Gasteiger partial charge is 0.123 e. The first-order valence-corrected chi connectivity index (χ1v) is 4.97. The molecule has 1 aromatic rings. The van der Waals surface area contributed by atoms with Gasteiger partial charge in [0.25, 0.3) is 0 Å². The zero-order valence-electron chi connectivity index (χ0n) is 9.53. The Balaban J connectivity index is 2.90. The lowest BCUT2D eigenvalue weighted by Crippen LogP contribution is -2.22. The van der Waals surface area contributed by atoms with Crippen molar-refractivity contribution >= 4 is 0 Å². The molecule has 0 heterocycles. The van der Waals surface area contributed by atoms with E-state index in [9.17, 15) is 0 Å². The lowest BCUT2D eigenvalue weighted by molar-refractivity contribution is 0.285.